The third kappa shape index (κ3) is 5.92. The van der Waals surface area contributed by atoms with Gasteiger partial charge in [-0.2, -0.15) is 0 Å². The van der Waals surface area contributed by atoms with Crippen molar-refractivity contribution in [3.63, 3.8) is 0 Å². The lowest BCUT2D eigenvalue weighted by atomic mass is 10.1. The molecule has 1 aromatic rings. The zero-order valence-electron chi connectivity index (χ0n) is 10.2. The van der Waals surface area contributed by atoms with Gasteiger partial charge in [0.1, 0.15) is 5.75 Å². The molecule has 0 saturated carbocycles. The van der Waals surface area contributed by atoms with Crippen LogP contribution in [0.25, 0.3) is 0 Å². The number of rotatable bonds is 5. The number of amides is 1. The fourth-order valence-electron chi connectivity index (χ4n) is 1.46. The maximum atomic E-state index is 11.4. The Bertz CT molecular complexity index is 338. The predicted octanol–water partition coefficient (Wildman–Crippen LogP) is 2.18. The number of hydrogen-bond donors (Lipinski definition) is 2. The summed E-state index contributed by atoms with van der Waals surface area (Å²) in [7, 11) is 0. The number of aliphatic hydroxyl groups is 1. The molecule has 1 unspecified atom stereocenters. The van der Waals surface area contributed by atoms with Crippen LogP contribution in [0.4, 0.5) is 4.79 Å². The van der Waals surface area contributed by atoms with Gasteiger partial charge in [0, 0.05) is 6.54 Å². The van der Waals surface area contributed by atoms with Gasteiger partial charge in [-0.1, -0.05) is 32.0 Å². The Labute approximate surface area is 102 Å². The summed E-state index contributed by atoms with van der Waals surface area (Å²) in [6, 6.07) is 8.82. The van der Waals surface area contributed by atoms with Gasteiger partial charge in [-0.25, -0.2) is 4.79 Å². The predicted molar refractivity (Wildman–Crippen MR) is 65.9 cm³/mol. The molecule has 0 aliphatic rings. The van der Waals surface area contributed by atoms with Gasteiger partial charge in [0.25, 0.3) is 0 Å². The quantitative estimate of drug-likeness (QED) is 0.825. The van der Waals surface area contributed by atoms with Crippen molar-refractivity contribution < 1.29 is 14.6 Å². The molecule has 0 heterocycles. The topological polar surface area (TPSA) is 58.6 Å². The van der Waals surface area contributed by atoms with Gasteiger partial charge in [-0.05, 0) is 24.5 Å². The summed E-state index contributed by atoms with van der Waals surface area (Å²) in [4.78, 5) is 11.4. The Morgan fingerprint density at radius 3 is 2.59 bits per heavy atom. The third-order valence-corrected chi connectivity index (χ3v) is 2.18. The highest BCUT2D eigenvalue weighted by Crippen LogP contribution is 2.08. The second-order valence-electron chi connectivity index (χ2n) is 4.37. The van der Waals surface area contributed by atoms with Crippen LogP contribution in [0.1, 0.15) is 20.3 Å². The van der Waals surface area contributed by atoms with Crippen molar-refractivity contribution in [1.29, 1.82) is 0 Å². The summed E-state index contributed by atoms with van der Waals surface area (Å²) < 4.78 is 5.01. The second kappa shape index (κ2) is 6.91. The molecule has 0 saturated heterocycles. The Morgan fingerprint density at radius 1 is 1.35 bits per heavy atom. The van der Waals surface area contributed by atoms with Crippen LogP contribution in [0.15, 0.2) is 30.3 Å². The standard InChI is InChI=1S/C13H19NO3/c1-10(2)8-11(15)9-14-13(16)17-12-6-4-3-5-7-12/h3-7,10-11,15H,8-9H2,1-2H3,(H,14,16). The van der Waals surface area contributed by atoms with E-state index in [0.717, 1.165) is 0 Å². The number of ether oxygens (including phenoxy) is 1. The highest BCUT2D eigenvalue weighted by Gasteiger charge is 2.09. The van der Waals surface area contributed by atoms with E-state index in [2.05, 4.69) is 5.32 Å². The first kappa shape index (κ1) is 13.5. The molecule has 0 fully saturated rings. The van der Waals surface area contributed by atoms with Crippen LogP contribution in [0, 0.1) is 5.92 Å². The Balaban J connectivity index is 2.26. The fraction of sp³-hybridized carbons (Fsp3) is 0.462. The maximum Gasteiger partial charge on any atom is 0.412 e. The normalized spacial score (nSPS) is 12.2. The number of para-hydroxylation sites is 1. The van der Waals surface area contributed by atoms with E-state index in [1.54, 1.807) is 24.3 Å². The number of hydrogen-bond acceptors (Lipinski definition) is 3. The molecular formula is C13H19NO3. The van der Waals surface area contributed by atoms with Crippen molar-refractivity contribution in [3.8, 4) is 5.75 Å². The minimum Gasteiger partial charge on any atom is -0.410 e. The first-order valence-corrected chi connectivity index (χ1v) is 5.76. The molecule has 4 nitrogen and oxygen atoms in total. The van der Waals surface area contributed by atoms with E-state index in [9.17, 15) is 9.90 Å². The fourth-order valence-corrected chi connectivity index (χ4v) is 1.46. The smallest absolute Gasteiger partial charge is 0.410 e. The minimum absolute atomic E-state index is 0.212. The van der Waals surface area contributed by atoms with Crippen LogP contribution in [-0.4, -0.2) is 23.8 Å². The SMILES string of the molecule is CC(C)CC(O)CNC(=O)Oc1ccccc1. The summed E-state index contributed by atoms with van der Waals surface area (Å²) >= 11 is 0. The Hall–Kier alpha value is -1.55. The van der Waals surface area contributed by atoms with Crippen molar-refractivity contribution in [2.75, 3.05) is 6.54 Å². The van der Waals surface area contributed by atoms with Crippen LogP contribution in [0.3, 0.4) is 0 Å². The van der Waals surface area contributed by atoms with E-state index < -0.39 is 12.2 Å². The lowest BCUT2D eigenvalue weighted by molar-refractivity contribution is 0.140. The number of carbonyl (C=O) groups is 1. The Kier molecular flexibility index (Phi) is 5.49. The van der Waals surface area contributed by atoms with E-state index in [4.69, 9.17) is 4.74 Å². The van der Waals surface area contributed by atoms with Crippen LogP contribution >= 0.6 is 0 Å². The van der Waals surface area contributed by atoms with Crippen molar-refractivity contribution in [2.24, 2.45) is 5.92 Å². The highest BCUT2D eigenvalue weighted by atomic mass is 16.6. The van der Waals surface area contributed by atoms with Gasteiger partial charge in [0.2, 0.25) is 0 Å². The molecule has 1 atom stereocenters. The number of carbonyl (C=O) groups excluding carboxylic acids is 1. The van der Waals surface area contributed by atoms with E-state index in [-0.39, 0.29) is 6.54 Å². The third-order valence-electron chi connectivity index (χ3n) is 2.18. The summed E-state index contributed by atoms with van der Waals surface area (Å²) in [5.41, 5.74) is 0. The second-order valence-corrected chi connectivity index (χ2v) is 4.37. The van der Waals surface area contributed by atoms with E-state index in [0.29, 0.717) is 18.1 Å². The summed E-state index contributed by atoms with van der Waals surface area (Å²) in [5.74, 6) is 0.889. The summed E-state index contributed by atoms with van der Waals surface area (Å²) in [5, 5.41) is 12.1. The van der Waals surface area contributed by atoms with Crippen LogP contribution < -0.4 is 10.1 Å². The number of benzene rings is 1. The van der Waals surface area contributed by atoms with E-state index >= 15 is 0 Å². The van der Waals surface area contributed by atoms with Gasteiger partial charge in [0.05, 0.1) is 6.10 Å². The molecule has 0 radical (unpaired) electrons. The zero-order valence-corrected chi connectivity index (χ0v) is 10.2. The first-order chi connectivity index (χ1) is 8.08. The Morgan fingerprint density at radius 2 is 2.00 bits per heavy atom. The van der Waals surface area contributed by atoms with Crippen molar-refractivity contribution >= 4 is 6.09 Å². The minimum atomic E-state index is -0.543. The average Bonchev–Trinajstić information content (AvgIpc) is 2.27. The molecule has 1 aromatic carbocycles. The van der Waals surface area contributed by atoms with E-state index in [1.165, 1.54) is 0 Å². The number of nitrogens with one attached hydrogen (secondary N) is 1. The van der Waals surface area contributed by atoms with Crippen molar-refractivity contribution in [3.05, 3.63) is 30.3 Å². The molecule has 4 heteroatoms. The zero-order chi connectivity index (χ0) is 12.7. The lowest BCUT2D eigenvalue weighted by Crippen LogP contribution is -2.34. The van der Waals surface area contributed by atoms with E-state index in [1.807, 2.05) is 19.9 Å². The van der Waals surface area contributed by atoms with Gasteiger partial charge < -0.3 is 15.2 Å². The van der Waals surface area contributed by atoms with Crippen LogP contribution in [-0.2, 0) is 0 Å². The molecule has 0 aromatic heterocycles. The molecular weight excluding hydrogens is 218 g/mol. The van der Waals surface area contributed by atoms with Gasteiger partial charge in [-0.15, -0.1) is 0 Å². The number of aliphatic hydroxyl groups excluding tert-OH is 1. The van der Waals surface area contributed by atoms with Crippen molar-refractivity contribution in [1.82, 2.24) is 5.32 Å². The molecule has 17 heavy (non-hydrogen) atoms. The van der Waals surface area contributed by atoms with Gasteiger partial charge >= 0.3 is 6.09 Å². The maximum absolute atomic E-state index is 11.4. The molecule has 0 bridgehead atoms. The molecule has 0 spiro atoms. The highest BCUT2D eigenvalue weighted by molar-refractivity contribution is 5.70. The van der Waals surface area contributed by atoms with Gasteiger partial charge in [-0.3, -0.25) is 0 Å². The largest absolute Gasteiger partial charge is 0.412 e. The van der Waals surface area contributed by atoms with Crippen LogP contribution in [0.5, 0.6) is 5.75 Å². The molecule has 94 valence electrons. The van der Waals surface area contributed by atoms with Crippen LogP contribution in [0.2, 0.25) is 0 Å². The molecule has 0 aliphatic carbocycles. The molecule has 0 aliphatic heterocycles. The average molecular weight is 237 g/mol. The molecule has 1 amide bonds. The summed E-state index contributed by atoms with van der Waals surface area (Å²) in [6.07, 6.45) is -0.414. The lowest BCUT2D eigenvalue weighted by Gasteiger charge is -2.13. The van der Waals surface area contributed by atoms with Gasteiger partial charge in [0.15, 0.2) is 0 Å². The first-order valence-electron chi connectivity index (χ1n) is 5.76. The van der Waals surface area contributed by atoms with Crippen molar-refractivity contribution in [2.45, 2.75) is 26.4 Å². The monoisotopic (exact) mass is 237 g/mol. The molecule has 1 rings (SSSR count). The molecule has 2 N–H and O–H groups in total. The summed E-state index contributed by atoms with van der Waals surface area (Å²) in [6.45, 7) is 4.25.